The average molecular weight is 325 g/mol. The molecule has 2 heterocycles. The van der Waals surface area contributed by atoms with Crippen LogP contribution in [-0.4, -0.2) is 41.2 Å². The maximum Gasteiger partial charge on any atom is 0.318 e. The molecule has 5 nitrogen and oxygen atoms in total. The molecule has 1 aliphatic rings. The topological polar surface area (TPSA) is 54.5 Å². The number of carbonyl (C=O) groups is 1. The van der Waals surface area contributed by atoms with Gasteiger partial charge in [-0.2, -0.15) is 0 Å². The predicted molar refractivity (Wildman–Crippen MR) is 89.4 cm³/mol. The minimum Gasteiger partial charge on any atom is -0.372 e. The summed E-state index contributed by atoms with van der Waals surface area (Å²) >= 11 is 1.60. The van der Waals surface area contributed by atoms with E-state index in [0.717, 1.165) is 10.7 Å². The number of nitrogens with zero attached hydrogens (tertiary/aromatic N) is 2. The van der Waals surface area contributed by atoms with Crippen molar-refractivity contribution in [2.75, 3.05) is 19.7 Å². The van der Waals surface area contributed by atoms with E-state index < -0.39 is 0 Å². The number of urea groups is 1. The summed E-state index contributed by atoms with van der Waals surface area (Å²) in [6.07, 6.45) is 0. The van der Waals surface area contributed by atoms with Crippen LogP contribution in [0.3, 0.4) is 0 Å². The number of hydrogen-bond acceptors (Lipinski definition) is 4. The van der Waals surface area contributed by atoms with Gasteiger partial charge in [0.2, 0.25) is 0 Å². The molecule has 0 spiro atoms. The third-order valence-electron chi connectivity index (χ3n) is 3.71. The van der Waals surface area contributed by atoms with Crippen LogP contribution in [0.15, 0.2) is 5.38 Å². The Morgan fingerprint density at radius 1 is 1.50 bits per heavy atom. The number of carbonyl (C=O) groups excluding carboxylic acids is 1. The molecule has 1 unspecified atom stereocenters. The molecule has 1 N–H and O–H groups in total. The molecule has 22 heavy (non-hydrogen) atoms. The van der Waals surface area contributed by atoms with Crippen LogP contribution in [-0.2, 0) is 10.2 Å². The molecule has 0 radical (unpaired) electrons. The lowest BCUT2D eigenvalue weighted by Crippen LogP contribution is -2.53. The van der Waals surface area contributed by atoms with Crippen molar-refractivity contribution < 1.29 is 9.53 Å². The van der Waals surface area contributed by atoms with E-state index in [1.807, 2.05) is 25.7 Å². The molecule has 1 fully saturated rings. The average Bonchev–Trinajstić information content (AvgIpc) is 2.86. The summed E-state index contributed by atoms with van der Waals surface area (Å²) in [5, 5.41) is 6.08. The minimum absolute atomic E-state index is 0.0344. The monoisotopic (exact) mass is 325 g/mol. The lowest BCUT2D eigenvalue weighted by Gasteiger charge is -2.38. The van der Waals surface area contributed by atoms with Crippen LogP contribution in [0.25, 0.3) is 0 Å². The molecule has 0 aromatic carbocycles. The van der Waals surface area contributed by atoms with Gasteiger partial charge in [0.15, 0.2) is 0 Å². The van der Waals surface area contributed by atoms with Crippen LogP contribution in [0.4, 0.5) is 4.79 Å². The second-order valence-electron chi connectivity index (χ2n) is 7.52. The Kier molecular flexibility index (Phi) is 4.82. The van der Waals surface area contributed by atoms with Crippen molar-refractivity contribution >= 4 is 17.4 Å². The Morgan fingerprint density at radius 3 is 2.73 bits per heavy atom. The molecule has 1 aliphatic heterocycles. The van der Waals surface area contributed by atoms with Gasteiger partial charge in [-0.3, -0.25) is 0 Å². The highest BCUT2D eigenvalue weighted by molar-refractivity contribution is 7.09. The van der Waals surface area contributed by atoms with Gasteiger partial charge in [0.05, 0.1) is 30.5 Å². The SMILES string of the molecule is CC(NC(=O)N1CCOC(C)(C)C1)c1nc(C(C)(C)C)cs1. The molecule has 0 saturated carbocycles. The summed E-state index contributed by atoms with van der Waals surface area (Å²) < 4.78 is 5.64. The van der Waals surface area contributed by atoms with E-state index in [1.165, 1.54) is 0 Å². The number of aromatic nitrogens is 1. The summed E-state index contributed by atoms with van der Waals surface area (Å²) in [7, 11) is 0. The maximum atomic E-state index is 12.4. The van der Waals surface area contributed by atoms with Crippen molar-refractivity contribution in [2.45, 2.75) is 58.6 Å². The molecule has 2 rings (SSSR count). The largest absolute Gasteiger partial charge is 0.372 e. The fourth-order valence-electron chi connectivity index (χ4n) is 2.36. The third kappa shape index (κ3) is 4.20. The number of thiazole rings is 1. The summed E-state index contributed by atoms with van der Waals surface area (Å²) in [4.78, 5) is 18.9. The first-order valence-electron chi connectivity index (χ1n) is 7.74. The number of rotatable bonds is 2. The van der Waals surface area contributed by atoms with Gasteiger partial charge in [-0.25, -0.2) is 9.78 Å². The van der Waals surface area contributed by atoms with Crippen molar-refractivity contribution in [1.29, 1.82) is 0 Å². The maximum absolute atomic E-state index is 12.4. The van der Waals surface area contributed by atoms with Gasteiger partial charge in [0.25, 0.3) is 0 Å². The smallest absolute Gasteiger partial charge is 0.318 e. The number of ether oxygens (including phenoxy) is 1. The third-order valence-corrected chi connectivity index (χ3v) is 4.74. The standard InChI is InChI=1S/C16H27N3O2S/c1-11(13-18-12(9-22-13)15(2,3)4)17-14(20)19-7-8-21-16(5,6)10-19/h9,11H,7-8,10H2,1-6H3,(H,17,20). The summed E-state index contributed by atoms with van der Waals surface area (Å²) in [5.41, 5.74) is 0.827. The zero-order chi connectivity index (χ0) is 16.5. The van der Waals surface area contributed by atoms with Crippen molar-refractivity contribution in [3.8, 4) is 0 Å². The first-order valence-corrected chi connectivity index (χ1v) is 8.62. The van der Waals surface area contributed by atoms with Gasteiger partial charge in [-0.15, -0.1) is 11.3 Å². The van der Waals surface area contributed by atoms with E-state index in [0.29, 0.717) is 19.7 Å². The van der Waals surface area contributed by atoms with Crippen molar-refractivity contribution in [3.05, 3.63) is 16.1 Å². The number of nitrogens with one attached hydrogen (secondary N) is 1. The van der Waals surface area contributed by atoms with Crippen LogP contribution < -0.4 is 5.32 Å². The Balaban J connectivity index is 1.98. The normalized spacial score (nSPS) is 19.8. The van der Waals surface area contributed by atoms with Crippen molar-refractivity contribution in [3.63, 3.8) is 0 Å². The lowest BCUT2D eigenvalue weighted by atomic mass is 9.93. The highest BCUT2D eigenvalue weighted by Crippen LogP contribution is 2.27. The fourth-order valence-corrected chi connectivity index (χ4v) is 3.41. The first kappa shape index (κ1) is 17.2. The van der Waals surface area contributed by atoms with Gasteiger partial charge in [0.1, 0.15) is 5.01 Å². The van der Waals surface area contributed by atoms with E-state index in [-0.39, 0.29) is 23.1 Å². The van der Waals surface area contributed by atoms with E-state index in [1.54, 1.807) is 11.3 Å². The van der Waals surface area contributed by atoms with Gasteiger partial charge in [-0.1, -0.05) is 20.8 Å². The fraction of sp³-hybridized carbons (Fsp3) is 0.750. The quantitative estimate of drug-likeness (QED) is 0.907. The highest BCUT2D eigenvalue weighted by atomic mass is 32.1. The van der Waals surface area contributed by atoms with E-state index in [9.17, 15) is 4.79 Å². The molecular formula is C16H27N3O2S. The Hall–Kier alpha value is -1.14. The van der Waals surface area contributed by atoms with Crippen LogP contribution in [0.5, 0.6) is 0 Å². The van der Waals surface area contributed by atoms with Crippen LogP contribution in [0.1, 0.15) is 58.3 Å². The Bertz CT molecular complexity index is 534. The second kappa shape index (κ2) is 6.16. The first-order chi connectivity index (χ1) is 10.1. The molecule has 124 valence electrons. The zero-order valence-corrected chi connectivity index (χ0v) is 15.2. The second-order valence-corrected chi connectivity index (χ2v) is 8.41. The van der Waals surface area contributed by atoms with Gasteiger partial charge < -0.3 is 15.0 Å². The number of hydrogen-bond donors (Lipinski definition) is 1. The number of amides is 2. The molecule has 1 saturated heterocycles. The van der Waals surface area contributed by atoms with E-state index >= 15 is 0 Å². The molecule has 0 aliphatic carbocycles. The molecular weight excluding hydrogens is 298 g/mol. The molecule has 2 amide bonds. The Morgan fingerprint density at radius 2 is 2.18 bits per heavy atom. The van der Waals surface area contributed by atoms with Gasteiger partial charge >= 0.3 is 6.03 Å². The summed E-state index contributed by atoms with van der Waals surface area (Å²) in [6, 6.07) is -0.129. The molecule has 0 bridgehead atoms. The van der Waals surface area contributed by atoms with Crippen molar-refractivity contribution in [1.82, 2.24) is 15.2 Å². The predicted octanol–water partition coefficient (Wildman–Crippen LogP) is 3.32. The minimum atomic E-state index is -0.278. The van der Waals surface area contributed by atoms with Gasteiger partial charge in [0, 0.05) is 17.3 Å². The van der Waals surface area contributed by atoms with Gasteiger partial charge in [-0.05, 0) is 20.8 Å². The lowest BCUT2D eigenvalue weighted by molar-refractivity contribution is -0.0735. The van der Waals surface area contributed by atoms with Crippen LogP contribution >= 0.6 is 11.3 Å². The highest BCUT2D eigenvalue weighted by Gasteiger charge is 2.30. The van der Waals surface area contributed by atoms with Crippen LogP contribution in [0.2, 0.25) is 0 Å². The van der Waals surface area contributed by atoms with Crippen molar-refractivity contribution in [2.24, 2.45) is 0 Å². The number of morpholine rings is 1. The van der Waals surface area contributed by atoms with E-state index in [2.05, 4.69) is 36.5 Å². The zero-order valence-electron chi connectivity index (χ0n) is 14.4. The summed E-state index contributed by atoms with van der Waals surface area (Å²) in [6.45, 7) is 14.2. The summed E-state index contributed by atoms with van der Waals surface area (Å²) in [5.74, 6) is 0. The molecule has 6 heteroatoms. The Labute approximate surface area is 137 Å². The van der Waals surface area contributed by atoms with Crippen LogP contribution in [0, 0.1) is 0 Å². The van der Waals surface area contributed by atoms with E-state index in [4.69, 9.17) is 4.74 Å². The molecule has 1 atom stereocenters. The molecule has 1 aromatic heterocycles. The molecule has 1 aromatic rings.